The SMILES string of the molecule is CC(C)(C)OC(=O)N1CCC(CC(=O)ON2C(=O)c3ccccc3C2=O)CC12CC2. The van der Waals surface area contributed by atoms with Crippen LogP contribution in [0.15, 0.2) is 24.3 Å². The van der Waals surface area contributed by atoms with E-state index in [-0.39, 0.29) is 35.1 Å². The minimum absolute atomic E-state index is 0.0221. The number of benzene rings is 1. The first-order valence-electron chi connectivity index (χ1n) is 10.3. The maximum Gasteiger partial charge on any atom is 0.410 e. The van der Waals surface area contributed by atoms with E-state index in [9.17, 15) is 19.2 Å². The highest BCUT2D eigenvalue weighted by atomic mass is 16.7. The first-order chi connectivity index (χ1) is 14.1. The molecule has 1 aromatic rings. The topological polar surface area (TPSA) is 93.2 Å². The average molecular weight is 414 g/mol. The molecule has 30 heavy (non-hydrogen) atoms. The van der Waals surface area contributed by atoms with E-state index in [1.54, 1.807) is 17.0 Å². The Morgan fingerprint density at radius 1 is 1.10 bits per heavy atom. The number of carbonyl (C=O) groups is 4. The van der Waals surface area contributed by atoms with Crippen molar-refractivity contribution in [3.8, 4) is 0 Å². The van der Waals surface area contributed by atoms with Crippen LogP contribution in [0.25, 0.3) is 0 Å². The molecule has 1 spiro atoms. The zero-order valence-electron chi connectivity index (χ0n) is 17.5. The normalized spacial score (nSPS) is 22.2. The van der Waals surface area contributed by atoms with Crippen molar-refractivity contribution in [3.63, 3.8) is 0 Å². The van der Waals surface area contributed by atoms with Crippen molar-refractivity contribution in [2.75, 3.05) is 6.54 Å². The predicted octanol–water partition coefficient (Wildman–Crippen LogP) is 3.31. The fourth-order valence-corrected chi connectivity index (χ4v) is 4.32. The number of hydrogen-bond donors (Lipinski definition) is 0. The van der Waals surface area contributed by atoms with Gasteiger partial charge in [-0.2, -0.15) is 0 Å². The van der Waals surface area contributed by atoms with Crippen LogP contribution in [-0.2, 0) is 14.4 Å². The number of rotatable bonds is 3. The van der Waals surface area contributed by atoms with Crippen molar-refractivity contribution in [3.05, 3.63) is 35.4 Å². The summed E-state index contributed by atoms with van der Waals surface area (Å²) in [5.41, 5.74) is -0.336. The Kier molecular flexibility index (Phi) is 4.83. The van der Waals surface area contributed by atoms with Gasteiger partial charge in [-0.1, -0.05) is 17.2 Å². The standard InChI is InChI=1S/C22H26N2O6/c1-21(2,3)29-20(28)23-11-8-14(13-22(23)9-10-22)12-17(25)30-24-18(26)15-6-4-5-7-16(15)19(24)27/h4-7,14H,8-13H2,1-3H3. The summed E-state index contributed by atoms with van der Waals surface area (Å²) in [4.78, 5) is 56.6. The van der Waals surface area contributed by atoms with Crippen molar-refractivity contribution in [2.45, 2.75) is 64.0 Å². The number of ether oxygens (including phenoxy) is 1. The third-order valence-corrected chi connectivity index (χ3v) is 5.85. The van der Waals surface area contributed by atoms with E-state index in [1.807, 2.05) is 20.8 Å². The Labute approximate surface area is 175 Å². The third kappa shape index (κ3) is 3.78. The molecule has 1 saturated carbocycles. The molecule has 160 valence electrons. The molecule has 0 aromatic heterocycles. The van der Waals surface area contributed by atoms with Crippen molar-refractivity contribution in [1.29, 1.82) is 0 Å². The van der Waals surface area contributed by atoms with Crippen LogP contribution in [0.5, 0.6) is 0 Å². The highest BCUT2D eigenvalue weighted by Crippen LogP contribution is 2.51. The molecule has 1 atom stereocenters. The van der Waals surface area contributed by atoms with Crippen molar-refractivity contribution < 1.29 is 28.8 Å². The molecule has 1 aliphatic carbocycles. The summed E-state index contributed by atoms with van der Waals surface area (Å²) in [6, 6.07) is 6.38. The van der Waals surface area contributed by atoms with Gasteiger partial charge in [0.05, 0.1) is 17.5 Å². The Morgan fingerprint density at radius 3 is 2.23 bits per heavy atom. The van der Waals surface area contributed by atoms with Gasteiger partial charge in [0.2, 0.25) is 0 Å². The largest absolute Gasteiger partial charge is 0.444 e. The number of piperidine rings is 1. The Balaban J connectivity index is 1.34. The lowest BCUT2D eigenvalue weighted by molar-refractivity contribution is -0.170. The summed E-state index contributed by atoms with van der Waals surface area (Å²) in [5.74, 6) is -1.84. The van der Waals surface area contributed by atoms with Crippen LogP contribution < -0.4 is 0 Å². The molecule has 0 bridgehead atoms. The summed E-state index contributed by atoms with van der Waals surface area (Å²) in [7, 11) is 0. The lowest BCUT2D eigenvalue weighted by Crippen LogP contribution is -2.50. The second-order valence-electron chi connectivity index (χ2n) is 9.33. The van der Waals surface area contributed by atoms with Gasteiger partial charge in [0.15, 0.2) is 0 Å². The highest BCUT2D eigenvalue weighted by molar-refractivity contribution is 6.20. The molecule has 4 rings (SSSR count). The van der Waals surface area contributed by atoms with Crippen molar-refractivity contribution >= 4 is 23.9 Å². The van der Waals surface area contributed by atoms with E-state index >= 15 is 0 Å². The molecule has 2 heterocycles. The monoisotopic (exact) mass is 414 g/mol. The van der Waals surface area contributed by atoms with Crippen LogP contribution >= 0.6 is 0 Å². The smallest absolute Gasteiger partial charge is 0.410 e. The van der Waals surface area contributed by atoms with Gasteiger partial charge < -0.3 is 14.5 Å². The number of imide groups is 1. The maximum absolute atomic E-state index is 12.5. The van der Waals surface area contributed by atoms with Crippen LogP contribution in [0.2, 0.25) is 0 Å². The summed E-state index contributed by atoms with van der Waals surface area (Å²) >= 11 is 0. The number of hydroxylamine groups is 2. The number of carbonyl (C=O) groups excluding carboxylic acids is 4. The van der Waals surface area contributed by atoms with E-state index in [1.165, 1.54) is 12.1 Å². The number of nitrogens with zero attached hydrogens (tertiary/aromatic N) is 2. The molecule has 3 aliphatic rings. The van der Waals surface area contributed by atoms with E-state index < -0.39 is 23.4 Å². The van der Waals surface area contributed by atoms with Crippen LogP contribution in [0.3, 0.4) is 0 Å². The zero-order valence-corrected chi connectivity index (χ0v) is 17.5. The average Bonchev–Trinajstić information content (AvgIpc) is 3.37. The first-order valence-corrected chi connectivity index (χ1v) is 10.3. The van der Waals surface area contributed by atoms with Gasteiger partial charge >= 0.3 is 12.1 Å². The number of amides is 3. The first kappa shape index (κ1) is 20.4. The molecule has 3 amide bonds. The summed E-state index contributed by atoms with van der Waals surface area (Å²) in [6.45, 7) is 6.03. The van der Waals surface area contributed by atoms with Crippen LogP contribution in [0.1, 0.15) is 73.6 Å². The molecule has 1 aromatic carbocycles. The Bertz CT molecular complexity index is 879. The quantitative estimate of drug-likeness (QED) is 0.705. The predicted molar refractivity (Wildman–Crippen MR) is 105 cm³/mol. The second kappa shape index (κ2) is 7.11. The fourth-order valence-electron chi connectivity index (χ4n) is 4.32. The molecule has 0 radical (unpaired) electrons. The van der Waals surface area contributed by atoms with E-state index in [0.717, 1.165) is 12.8 Å². The van der Waals surface area contributed by atoms with Gasteiger partial charge in [-0.25, -0.2) is 9.59 Å². The van der Waals surface area contributed by atoms with E-state index in [4.69, 9.17) is 9.57 Å². The fraction of sp³-hybridized carbons (Fsp3) is 0.545. The van der Waals surface area contributed by atoms with Gasteiger partial charge in [-0.3, -0.25) is 9.59 Å². The minimum Gasteiger partial charge on any atom is -0.444 e. The lowest BCUT2D eigenvalue weighted by atomic mass is 9.87. The third-order valence-electron chi connectivity index (χ3n) is 5.85. The molecular formula is C22H26N2O6. The van der Waals surface area contributed by atoms with Crippen LogP contribution in [-0.4, -0.2) is 51.5 Å². The van der Waals surface area contributed by atoms with Crippen LogP contribution in [0, 0.1) is 5.92 Å². The Hall–Kier alpha value is -2.90. The Morgan fingerprint density at radius 2 is 1.70 bits per heavy atom. The molecule has 2 aliphatic heterocycles. The summed E-state index contributed by atoms with van der Waals surface area (Å²) in [5, 5.41) is 0.551. The molecule has 0 N–H and O–H groups in total. The molecule has 8 heteroatoms. The molecular weight excluding hydrogens is 388 g/mol. The van der Waals surface area contributed by atoms with E-state index in [2.05, 4.69) is 0 Å². The second-order valence-corrected chi connectivity index (χ2v) is 9.33. The van der Waals surface area contributed by atoms with Gasteiger partial charge in [0.1, 0.15) is 5.60 Å². The van der Waals surface area contributed by atoms with Gasteiger partial charge in [0.25, 0.3) is 11.8 Å². The number of likely N-dealkylation sites (tertiary alicyclic amines) is 1. The summed E-state index contributed by atoms with van der Waals surface area (Å²) < 4.78 is 5.53. The molecule has 1 unspecified atom stereocenters. The molecule has 2 fully saturated rings. The van der Waals surface area contributed by atoms with Gasteiger partial charge in [-0.05, 0) is 64.5 Å². The maximum atomic E-state index is 12.5. The van der Waals surface area contributed by atoms with Crippen molar-refractivity contribution in [2.24, 2.45) is 5.92 Å². The van der Waals surface area contributed by atoms with Crippen LogP contribution in [0.4, 0.5) is 4.79 Å². The van der Waals surface area contributed by atoms with Crippen molar-refractivity contribution in [1.82, 2.24) is 9.96 Å². The lowest BCUT2D eigenvalue weighted by Gasteiger charge is -2.40. The molecule has 1 saturated heterocycles. The minimum atomic E-state index is -0.623. The highest BCUT2D eigenvalue weighted by Gasteiger charge is 2.54. The number of hydrogen-bond acceptors (Lipinski definition) is 6. The summed E-state index contributed by atoms with van der Waals surface area (Å²) in [6.07, 6.45) is 2.87. The van der Waals surface area contributed by atoms with E-state index in [0.29, 0.717) is 24.4 Å². The zero-order chi connectivity index (χ0) is 21.7. The van der Waals surface area contributed by atoms with Gasteiger partial charge in [0, 0.05) is 12.1 Å². The van der Waals surface area contributed by atoms with Gasteiger partial charge in [-0.15, -0.1) is 0 Å². The molecule has 8 nitrogen and oxygen atoms in total. The number of fused-ring (bicyclic) bond motifs is 1.